The second kappa shape index (κ2) is 86.2. The number of amides is 3. The SMILES string of the molecule is CCCCNC(=O)NCC[NH2+]CCCS(=O)(=O)[O-].CCCCNC(=O)OCCOCC[N+](C)(C)CCCC.CCCC[N+](C)(C)CC(O)CS(=O)(=O)[O-].CCCC[N+](C)(C)CCCCS(=O)(=O)[O-].CCCC[N+](C)(C)CCCS(=O)(=O)[O-].CCCC[N+](C)(C)CCCS(=O)(=O)[O-].CCCC[N+](C)(C)CCCS(=O)(=O)[O-].CCCC[N+](CC)(CC)CCCS(=O)(=O)[O-].CCCc1cc[n+](CCCS(=O)(=O)[O-])cc1. The molecule has 1 atom stereocenters. The fourth-order valence-corrected chi connectivity index (χ4v) is 17.8. The largest absolute Gasteiger partial charge is 0.748 e. The maximum absolute atomic E-state index is 11.2. The van der Waals surface area contributed by atoms with Gasteiger partial charge in [-0.25, -0.2) is 81.5 Å². The Bertz CT molecular complexity index is 4070. The van der Waals surface area contributed by atoms with Crippen molar-refractivity contribution in [2.75, 3.05) is 288 Å². The van der Waals surface area contributed by atoms with Crippen molar-refractivity contribution in [1.29, 1.82) is 0 Å². The van der Waals surface area contributed by atoms with E-state index in [9.17, 15) is 118 Å². The summed E-state index contributed by atoms with van der Waals surface area (Å²) >= 11 is 0. The van der Waals surface area contributed by atoms with Crippen LogP contribution in [0.2, 0.25) is 0 Å². The van der Waals surface area contributed by atoms with Gasteiger partial charge < -0.3 is 104 Å². The van der Waals surface area contributed by atoms with Crippen molar-refractivity contribution in [3.8, 4) is 0 Å². The molecule has 0 saturated heterocycles. The number of alkyl carbamates (subject to hydrolysis) is 1. The van der Waals surface area contributed by atoms with Crippen LogP contribution < -0.4 is 25.8 Å². The zero-order valence-corrected chi connectivity index (χ0v) is 98.9. The summed E-state index contributed by atoms with van der Waals surface area (Å²) in [7, 11) is -7.71. The highest BCUT2D eigenvalue weighted by molar-refractivity contribution is 7.87. The zero-order chi connectivity index (χ0) is 112. The Balaban J connectivity index is -0.000000238. The van der Waals surface area contributed by atoms with Gasteiger partial charge in [0.1, 0.15) is 32.3 Å². The average molecular weight is 2210 g/mol. The van der Waals surface area contributed by atoms with Crippen LogP contribution in [0.25, 0.3) is 0 Å². The first-order chi connectivity index (χ1) is 65.1. The molecule has 0 aliphatic carbocycles. The highest BCUT2D eigenvalue weighted by Gasteiger charge is 2.25. The molecule has 0 saturated carbocycles. The minimum Gasteiger partial charge on any atom is -0.748 e. The number of quaternary nitrogens is 8. The smallest absolute Gasteiger partial charge is 0.407 e. The molecule has 3 amide bonds. The minimum atomic E-state index is -4.33. The Kier molecular flexibility index (Phi) is 93.3. The maximum atomic E-state index is 11.2. The number of nitrogens with two attached hydrogens (primary N) is 1. The Morgan fingerprint density at radius 2 is 0.627 bits per heavy atom. The number of likely N-dealkylation sites (N-methyl/N-ethyl adjacent to an activating group) is 2. The number of hydrogen-bond acceptors (Lipinski definition) is 29. The summed E-state index contributed by atoms with van der Waals surface area (Å²) in [6, 6.07) is 3.86. The quantitative estimate of drug-likeness (QED) is 0.0194. The van der Waals surface area contributed by atoms with Crippen LogP contribution in [0, 0.1) is 0 Å². The lowest BCUT2D eigenvalue weighted by molar-refractivity contribution is -0.925. The number of carbonyl (C=O) groups excluding carboxylic acids is 2. The first-order valence-corrected chi connectivity index (χ1v) is 64.0. The van der Waals surface area contributed by atoms with Gasteiger partial charge in [-0.2, -0.15) is 0 Å². The highest BCUT2D eigenvalue weighted by atomic mass is 32.2. The van der Waals surface area contributed by atoms with Gasteiger partial charge in [-0.15, -0.1) is 0 Å². The molecule has 0 radical (unpaired) electrons. The number of hydrogen-bond donors (Lipinski definition) is 5. The van der Waals surface area contributed by atoms with Crippen molar-refractivity contribution >= 4 is 93.1 Å². The second-order valence-electron chi connectivity index (χ2n) is 40.3. The molecule has 0 fully saturated rings. The van der Waals surface area contributed by atoms with E-state index in [1.807, 2.05) is 48.5 Å². The number of nitrogens with zero attached hydrogens (tertiary/aromatic N) is 8. The third-order valence-corrected chi connectivity index (χ3v) is 29.0. The maximum Gasteiger partial charge on any atom is 0.407 e. The second-order valence-corrected chi connectivity index (χ2v) is 52.4. The molecule has 858 valence electrons. The van der Waals surface area contributed by atoms with E-state index in [0.29, 0.717) is 115 Å². The molecule has 41 nitrogen and oxygen atoms in total. The fraction of sp³-hybridized carbons (Fsp3) is 0.925. The lowest BCUT2D eigenvalue weighted by Crippen LogP contribution is -2.86. The topological polar surface area (TPSA) is 587 Å². The van der Waals surface area contributed by atoms with Crippen LogP contribution in [0.15, 0.2) is 24.5 Å². The van der Waals surface area contributed by atoms with E-state index in [1.54, 1.807) is 0 Å². The number of rotatable bonds is 73. The molecule has 1 rings (SSSR count). The number of aliphatic hydroxyl groups excluding tert-OH is 1. The van der Waals surface area contributed by atoms with Crippen LogP contribution in [0.1, 0.15) is 262 Å². The molecular formula is C93H205N12O29S8+. The number of urea groups is 1. The molecular weight excluding hydrogens is 2010 g/mol. The summed E-state index contributed by atoms with van der Waals surface area (Å²) in [4.78, 5) is 22.4. The lowest BCUT2D eigenvalue weighted by atomic mass is 10.1. The van der Waals surface area contributed by atoms with Gasteiger partial charge in [0.2, 0.25) is 0 Å². The van der Waals surface area contributed by atoms with Crippen molar-refractivity contribution in [2.24, 2.45) is 0 Å². The van der Waals surface area contributed by atoms with Crippen LogP contribution in [0.4, 0.5) is 9.59 Å². The van der Waals surface area contributed by atoms with Gasteiger partial charge in [-0.1, -0.05) is 133 Å². The van der Waals surface area contributed by atoms with Gasteiger partial charge in [0.05, 0.1) is 296 Å². The molecule has 0 bridgehead atoms. The van der Waals surface area contributed by atoms with Crippen LogP contribution >= 0.6 is 0 Å². The molecule has 1 unspecified atom stereocenters. The molecule has 6 N–H and O–H groups in total. The number of nitrogens with one attached hydrogen (secondary N) is 3. The molecule has 1 aromatic rings. The van der Waals surface area contributed by atoms with Crippen molar-refractivity contribution in [3.05, 3.63) is 30.1 Å². The predicted octanol–water partition coefficient (Wildman–Crippen LogP) is 6.78. The lowest BCUT2D eigenvalue weighted by Gasteiger charge is -2.37. The first-order valence-electron chi connectivity index (χ1n) is 51.3. The number of aromatic nitrogens is 1. The van der Waals surface area contributed by atoms with Gasteiger partial charge in [0, 0.05) is 104 Å². The molecule has 1 heterocycles. The number of carbonyl (C=O) groups is 2. The number of unbranched alkanes of at least 4 members (excludes halogenated alkanes) is 10. The van der Waals surface area contributed by atoms with E-state index < -0.39 is 92.8 Å². The van der Waals surface area contributed by atoms with Gasteiger partial charge in [-0.05, 0) is 96.5 Å². The van der Waals surface area contributed by atoms with E-state index in [0.717, 1.165) is 228 Å². The third-order valence-electron chi connectivity index (χ3n) is 22.7. The third kappa shape index (κ3) is 129. The number of pyridine rings is 1. The van der Waals surface area contributed by atoms with E-state index in [4.69, 9.17) is 9.47 Å². The Morgan fingerprint density at radius 3 is 0.972 bits per heavy atom. The fourth-order valence-electron chi connectivity index (χ4n) is 13.7. The van der Waals surface area contributed by atoms with E-state index in [2.05, 4.69) is 170 Å². The standard InChI is InChI=1S/C15H32N2O3.C11H17NO3S.C11H25NO3S.C10H23N3O4S.C10H23NO3S.C9H21NO4S.3C9H21NO3S/c1-5-7-9-16-15(18)20-14-13-19-12-11-17(3,4)10-8-6-2;1-2-4-11-5-8-12(9-6-11)7-3-10-16(13,14)15;1-4-7-9-12(5-2,6-3)10-8-11-16(13,14)15;1-2-3-6-12-10(14)13-8-7-11-5-4-9-18(15,16)17;1-4-5-8-11(2,3)9-6-7-10-15(12,13)14;1-4-5-6-10(2,3)7-9(11)8-15(12,13)14;3*1-4-5-7-10(2,3)8-6-9-14(11,12)13/h5-14H2,1-4H3;5-6,8-9H,2-4,7,10H2,1H3;4-11H2,1-3H3;11H,2-9H2,1H3,(H2,12,13,14)(H,15,16,17);4-10H2,1-3H3;9,11H,4-8H2,1-3H3;3*4-9H2,1-3H3/p+1. The van der Waals surface area contributed by atoms with Gasteiger partial charge in [0.15, 0.2) is 12.4 Å². The summed E-state index contributed by atoms with van der Waals surface area (Å²) in [5.41, 5.74) is 1.27. The van der Waals surface area contributed by atoms with Gasteiger partial charge in [-0.3, -0.25) is 0 Å². The number of aryl methyl sites for hydroxylation is 2. The summed E-state index contributed by atoms with van der Waals surface area (Å²) in [6.45, 7) is 45.3. The van der Waals surface area contributed by atoms with E-state index in [-0.39, 0.29) is 52.4 Å². The summed E-state index contributed by atoms with van der Waals surface area (Å²) in [5, 5.41) is 19.4. The normalized spacial score (nSPS) is 12.7. The van der Waals surface area contributed by atoms with Crippen LogP contribution in [-0.4, -0.2) is 446 Å². The van der Waals surface area contributed by atoms with Crippen molar-refractivity contribution in [2.45, 2.75) is 276 Å². The molecule has 49 heteroatoms. The van der Waals surface area contributed by atoms with Gasteiger partial charge in [0.25, 0.3) is 0 Å². The molecule has 0 aromatic carbocycles. The Morgan fingerprint density at radius 1 is 0.331 bits per heavy atom. The van der Waals surface area contributed by atoms with Crippen LogP contribution in [-0.2, 0) is 103 Å². The summed E-state index contributed by atoms with van der Waals surface area (Å²) < 4.78 is 268. The van der Waals surface area contributed by atoms with Crippen molar-refractivity contribution in [1.82, 2.24) is 16.0 Å². The number of aliphatic hydroxyl groups is 1. The predicted molar refractivity (Wildman–Crippen MR) is 560 cm³/mol. The van der Waals surface area contributed by atoms with Gasteiger partial charge >= 0.3 is 12.1 Å². The first kappa shape index (κ1) is 154. The highest BCUT2D eigenvalue weighted by Crippen LogP contribution is 2.14. The molecule has 0 aliphatic rings. The molecule has 142 heavy (non-hydrogen) atoms. The monoisotopic (exact) mass is 2210 g/mol. The van der Waals surface area contributed by atoms with Crippen LogP contribution in [0.5, 0.6) is 0 Å². The van der Waals surface area contributed by atoms with E-state index >= 15 is 0 Å². The molecule has 0 spiro atoms. The van der Waals surface area contributed by atoms with E-state index in [1.165, 1.54) is 37.8 Å². The Hall–Kier alpha value is -3.43. The van der Waals surface area contributed by atoms with Crippen molar-refractivity contribution < 1.29 is 169 Å². The average Bonchev–Trinajstić information content (AvgIpc) is 0.882. The number of ether oxygens (including phenoxy) is 2. The molecule has 1 aromatic heterocycles. The van der Waals surface area contributed by atoms with Crippen molar-refractivity contribution in [3.63, 3.8) is 0 Å². The Labute approximate surface area is 865 Å². The zero-order valence-electron chi connectivity index (χ0n) is 92.3. The van der Waals surface area contributed by atoms with Crippen LogP contribution in [0.3, 0.4) is 0 Å². The summed E-state index contributed by atoms with van der Waals surface area (Å²) in [5.74, 6) is -2.46. The minimum absolute atomic E-state index is 0.181. The molecule has 0 aliphatic heterocycles. The summed E-state index contributed by atoms with van der Waals surface area (Å²) in [6.07, 6.45) is 28.5.